The lowest BCUT2D eigenvalue weighted by atomic mass is 9.92. The Kier molecular flexibility index (Phi) is 8.16. The fourth-order valence-electron chi connectivity index (χ4n) is 4.95. The van der Waals surface area contributed by atoms with Gasteiger partial charge in [0.1, 0.15) is 28.8 Å². The van der Waals surface area contributed by atoms with Crippen molar-refractivity contribution in [1.29, 1.82) is 0 Å². The molecule has 2 aromatic carbocycles. The third-order valence-corrected chi connectivity index (χ3v) is 7.35. The molecule has 43 heavy (non-hydrogen) atoms. The Balaban J connectivity index is 1.24. The van der Waals surface area contributed by atoms with Crippen LogP contribution >= 0.6 is 0 Å². The number of hydrogen-bond acceptors (Lipinski definition) is 5. The van der Waals surface area contributed by atoms with Gasteiger partial charge in [-0.1, -0.05) is 44.5 Å². The molecule has 224 valence electrons. The van der Waals surface area contributed by atoms with Gasteiger partial charge in [-0.25, -0.2) is 23.2 Å². The summed E-state index contributed by atoms with van der Waals surface area (Å²) in [6, 6.07) is 14.6. The second kappa shape index (κ2) is 11.8. The molecule has 2 aromatic heterocycles. The Morgan fingerprint density at radius 2 is 1.53 bits per heavy atom. The van der Waals surface area contributed by atoms with E-state index in [1.807, 2.05) is 55.1 Å². The van der Waals surface area contributed by atoms with E-state index in [1.54, 1.807) is 10.9 Å². The smallest absolute Gasteiger partial charge is 0.324 e. The molecule has 0 aliphatic carbocycles. The minimum atomic E-state index is -0.869. The minimum absolute atomic E-state index is 0.216. The van der Waals surface area contributed by atoms with Gasteiger partial charge in [-0.05, 0) is 49.7 Å². The molecule has 3 heterocycles. The van der Waals surface area contributed by atoms with E-state index in [0.29, 0.717) is 43.5 Å². The van der Waals surface area contributed by atoms with Crippen molar-refractivity contribution in [3.63, 3.8) is 0 Å². The molecule has 2 N–H and O–H groups in total. The van der Waals surface area contributed by atoms with Gasteiger partial charge in [-0.15, -0.1) is 0 Å². The van der Waals surface area contributed by atoms with E-state index in [1.165, 1.54) is 11.0 Å². The number of carbonyl (C=O) groups is 2. The van der Waals surface area contributed by atoms with Crippen LogP contribution in [-0.2, 0) is 5.41 Å². The number of halogens is 2. The highest BCUT2D eigenvalue weighted by Gasteiger charge is 2.28. The number of aromatic nitrogens is 3. The largest absolute Gasteiger partial charge is 0.353 e. The molecule has 1 aliphatic heterocycles. The first-order valence-electron chi connectivity index (χ1n) is 14.1. The van der Waals surface area contributed by atoms with E-state index >= 15 is 0 Å². The van der Waals surface area contributed by atoms with Crippen LogP contribution in [0.2, 0.25) is 0 Å². The van der Waals surface area contributed by atoms with Crippen LogP contribution in [0.15, 0.2) is 60.8 Å². The number of anilines is 3. The summed E-state index contributed by atoms with van der Waals surface area (Å²) in [5.74, 6) is -1.15. The minimum Gasteiger partial charge on any atom is -0.353 e. The normalized spacial score (nSPS) is 13.7. The van der Waals surface area contributed by atoms with Crippen LogP contribution in [0.1, 0.15) is 48.0 Å². The summed E-state index contributed by atoms with van der Waals surface area (Å²) >= 11 is 0. The Bertz CT molecular complexity index is 1630. The molecular weight excluding hydrogens is 552 g/mol. The predicted molar refractivity (Wildman–Crippen MR) is 163 cm³/mol. The number of carbonyl (C=O) groups excluding carboxylic acids is 2. The SMILES string of the molecule is Cc1ccc(-n2nc(C(C)(C)C)cc2NC(=O)Nc2cnc(N3CCN(C(=O)c4c(F)cccc4F)CC3)c(C)c2)cc1. The van der Waals surface area contributed by atoms with Crippen LogP contribution in [0.5, 0.6) is 0 Å². The van der Waals surface area contributed by atoms with Crippen molar-refractivity contribution < 1.29 is 18.4 Å². The van der Waals surface area contributed by atoms with Crippen LogP contribution in [0.4, 0.5) is 30.9 Å². The summed E-state index contributed by atoms with van der Waals surface area (Å²) in [4.78, 5) is 33.8. The van der Waals surface area contributed by atoms with Crippen LogP contribution in [0.3, 0.4) is 0 Å². The molecule has 0 unspecified atom stereocenters. The van der Waals surface area contributed by atoms with Gasteiger partial charge in [0.05, 0.1) is 23.3 Å². The van der Waals surface area contributed by atoms with Gasteiger partial charge < -0.3 is 15.1 Å². The summed E-state index contributed by atoms with van der Waals surface area (Å²) in [5.41, 5.74) is 3.39. The topological polar surface area (TPSA) is 95.4 Å². The van der Waals surface area contributed by atoms with Gasteiger partial charge >= 0.3 is 6.03 Å². The van der Waals surface area contributed by atoms with Crippen LogP contribution in [-0.4, -0.2) is 57.8 Å². The highest BCUT2D eigenvalue weighted by molar-refractivity contribution is 5.99. The number of hydrogen-bond donors (Lipinski definition) is 2. The van der Waals surface area contributed by atoms with Crippen molar-refractivity contribution in [2.24, 2.45) is 0 Å². The van der Waals surface area contributed by atoms with E-state index in [0.717, 1.165) is 34.6 Å². The number of pyridine rings is 1. The molecule has 0 atom stereocenters. The van der Waals surface area contributed by atoms with Crippen molar-refractivity contribution in [1.82, 2.24) is 19.7 Å². The van der Waals surface area contributed by atoms with Gasteiger partial charge in [-0.2, -0.15) is 5.10 Å². The van der Waals surface area contributed by atoms with Crippen molar-refractivity contribution in [3.8, 4) is 5.69 Å². The maximum Gasteiger partial charge on any atom is 0.324 e. The van der Waals surface area contributed by atoms with Crippen molar-refractivity contribution in [3.05, 3.63) is 94.8 Å². The summed E-state index contributed by atoms with van der Waals surface area (Å²) in [5, 5.41) is 10.5. The summed E-state index contributed by atoms with van der Waals surface area (Å²) in [6.45, 7) is 11.6. The van der Waals surface area contributed by atoms with Gasteiger partial charge in [0, 0.05) is 37.7 Å². The van der Waals surface area contributed by atoms with E-state index in [4.69, 9.17) is 5.10 Å². The Morgan fingerprint density at radius 3 is 2.14 bits per heavy atom. The van der Waals surface area contributed by atoms with Gasteiger partial charge in [-0.3, -0.25) is 10.1 Å². The number of amides is 3. The monoisotopic (exact) mass is 587 g/mol. The lowest BCUT2D eigenvalue weighted by molar-refractivity contribution is 0.0736. The standard InChI is InChI=1S/C32H35F2N7O2/c1-20-9-11-23(12-10-20)41-27(18-26(38-41)32(3,4)5)37-31(43)36-22-17-21(2)29(35-19-22)39-13-15-40(16-14-39)30(42)28-24(33)7-6-8-25(28)34/h6-12,17-19H,13-16H2,1-5H3,(H2,36,37,43). The molecule has 0 radical (unpaired) electrons. The zero-order valence-electron chi connectivity index (χ0n) is 24.9. The summed E-state index contributed by atoms with van der Waals surface area (Å²) in [7, 11) is 0. The average Bonchev–Trinajstić information content (AvgIpc) is 3.38. The fourth-order valence-corrected chi connectivity index (χ4v) is 4.95. The van der Waals surface area contributed by atoms with E-state index < -0.39 is 29.1 Å². The first-order chi connectivity index (χ1) is 20.4. The predicted octanol–water partition coefficient (Wildman–Crippen LogP) is 6.07. The lowest BCUT2D eigenvalue weighted by Gasteiger charge is -2.36. The first-order valence-corrected chi connectivity index (χ1v) is 14.1. The molecule has 3 amide bonds. The summed E-state index contributed by atoms with van der Waals surface area (Å²) in [6.07, 6.45) is 1.58. The fraction of sp³-hybridized carbons (Fsp3) is 0.312. The molecule has 1 saturated heterocycles. The number of rotatable bonds is 5. The molecule has 0 saturated carbocycles. The zero-order valence-corrected chi connectivity index (χ0v) is 24.9. The number of urea groups is 1. The average molecular weight is 588 g/mol. The van der Waals surface area contributed by atoms with E-state index in [-0.39, 0.29) is 5.41 Å². The summed E-state index contributed by atoms with van der Waals surface area (Å²) < 4.78 is 29.9. The Labute approximate surface area is 249 Å². The van der Waals surface area contributed by atoms with E-state index in [9.17, 15) is 18.4 Å². The zero-order chi connectivity index (χ0) is 30.9. The van der Waals surface area contributed by atoms with E-state index in [2.05, 4.69) is 36.4 Å². The quantitative estimate of drug-likeness (QED) is 0.296. The number of piperazine rings is 1. The van der Waals surface area contributed by atoms with Gasteiger partial charge in [0.25, 0.3) is 5.91 Å². The molecule has 4 aromatic rings. The highest BCUT2D eigenvalue weighted by Crippen LogP contribution is 2.27. The Hall–Kier alpha value is -4.80. The molecule has 0 spiro atoms. The number of benzene rings is 2. The molecule has 0 bridgehead atoms. The highest BCUT2D eigenvalue weighted by atomic mass is 19.1. The second-order valence-corrected chi connectivity index (χ2v) is 11.7. The molecule has 5 rings (SSSR count). The van der Waals surface area contributed by atoms with Crippen LogP contribution in [0, 0.1) is 25.5 Å². The molecule has 1 aliphatic rings. The maximum atomic E-state index is 14.1. The Morgan fingerprint density at radius 1 is 0.884 bits per heavy atom. The molecule has 9 nitrogen and oxygen atoms in total. The number of nitrogens with zero attached hydrogens (tertiary/aromatic N) is 5. The van der Waals surface area contributed by atoms with Crippen LogP contribution < -0.4 is 15.5 Å². The molecular formula is C32H35F2N7O2. The van der Waals surface area contributed by atoms with Crippen molar-refractivity contribution >= 4 is 29.3 Å². The molecule has 11 heteroatoms. The van der Waals surface area contributed by atoms with Gasteiger partial charge in [0.15, 0.2) is 0 Å². The second-order valence-electron chi connectivity index (χ2n) is 11.7. The number of nitrogens with one attached hydrogen (secondary N) is 2. The first kappa shape index (κ1) is 29.7. The third-order valence-electron chi connectivity index (χ3n) is 7.35. The third kappa shape index (κ3) is 6.50. The van der Waals surface area contributed by atoms with Crippen molar-refractivity contribution in [2.75, 3.05) is 41.7 Å². The maximum absolute atomic E-state index is 14.1. The lowest BCUT2D eigenvalue weighted by Crippen LogP contribution is -2.49. The van der Waals surface area contributed by atoms with Crippen molar-refractivity contribution in [2.45, 2.75) is 40.0 Å². The number of aryl methyl sites for hydroxylation is 2. The molecule has 1 fully saturated rings. The van der Waals surface area contributed by atoms with Gasteiger partial charge in [0.2, 0.25) is 0 Å². The van der Waals surface area contributed by atoms with Crippen LogP contribution in [0.25, 0.3) is 5.69 Å².